The van der Waals surface area contributed by atoms with E-state index in [4.69, 9.17) is 4.74 Å². The Morgan fingerprint density at radius 1 is 1.39 bits per heavy atom. The third-order valence-electron chi connectivity index (χ3n) is 4.60. The molecule has 2 heterocycles. The van der Waals surface area contributed by atoms with E-state index in [1.807, 2.05) is 5.38 Å². The summed E-state index contributed by atoms with van der Waals surface area (Å²) < 4.78 is 19.1. The zero-order valence-corrected chi connectivity index (χ0v) is 16.5. The van der Waals surface area contributed by atoms with Gasteiger partial charge in [-0.15, -0.1) is 11.3 Å². The van der Waals surface area contributed by atoms with Gasteiger partial charge in [0.2, 0.25) is 5.91 Å². The zero-order valence-electron chi connectivity index (χ0n) is 15.6. The molecule has 0 bridgehead atoms. The third kappa shape index (κ3) is 4.94. The van der Waals surface area contributed by atoms with Gasteiger partial charge in [-0.25, -0.2) is 14.2 Å². The number of β-amino-alcohol motifs (C(OH)–C–C–N with tert-alkyl or cyclic N) is 1. The van der Waals surface area contributed by atoms with Crippen LogP contribution in [-0.4, -0.2) is 45.6 Å². The summed E-state index contributed by atoms with van der Waals surface area (Å²) in [6.07, 6.45) is 1.00. The predicted octanol–water partition coefficient (Wildman–Crippen LogP) is 2.48. The molecule has 1 aromatic heterocycles. The molecule has 1 aliphatic rings. The maximum absolute atomic E-state index is 13.8. The smallest absolute Gasteiger partial charge is 0.329 e. The highest BCUT2D eigenvalue weighted by atomic mass is 32.1. The van der Waals surface area contributed by atoms with Crippen molar-refractivity contribution in [3.05, 3.63) is 51.7 Å². The highest BCUT2D eigenvalue weighted by molar-refractivity contribution is 7.09. The first-order valence-corrected chi connectivity index (χ1v) is 10.2. The lowest BCUT2D eigenvalue weighted by atomic mass is 10.1. The average Bonchev–Trinajstić information content (AvgIpc) is 3.28. The molecule has 1 N–H and O–H groups in total. The van der Waals surface area contributed by atoms with Gasteiger partial charge >= 0.3 is 5.97 Å². The van der Waals surface area contributed by atoms with Crippen molar-refractivity contribution in [1.29, 1.82) is 0 Å². The Bertz CT molecular complexity index is 841. The fraction of sp³-hybridized carbons (Fsp3) is 0.450. The van der Waals surface area contributed by atoms with E-state index in [1.54, 1.807) is 12.1 Å². The third-order valence-corrected chi connectivity index (χ3v) is 5.55. The molecule has 1 aliphatic heterocycles. The SMILES string of the molecule is CCCc1nc(COC(=O)C2CC(O)CN2C(=O)Cc2ccccc2F)cs1. The van der Waals surface area contributed by atoms with Gasteiger partial charge in [0, 0.05) is 18.3 Å². The molecule has 1 aromatic carbocycles. The minimum absolute atomic E-state index is 0.0288. The Hall–Kier alpha value is -2.32. The van der Waals surface area contributed by atoms with Crippen LogP contribution in [0.25, 0.3) is 0 Å². The van der Waals surface area contributed by atoms with E-state index < -0.39 is 29.8 Å². The second kappa shape index (κ2) is 9.25. The van der Waals surface area contributed by atoms with Crippen molar-refractivity contribution in [3.63, 3.8) is 0 Å². The molecule has 1 saturated heterocycles. The van der Waals surface area contributed by atoms with E-state index >= 15 is 0 Å². The number of aliphatic hydroxyl groups excluding tert-OH is 1. The Morgan fingerprint density at radius 3 is 2.93 bits per heavy atom. The lowest BCUT2D eigenvalue weighted by Gasteiger charge is -2.23. The molecule has 3 rings (SSSR count). The molecule has 150 valence electrons. The van der Waals surface area contributed by atoms with Crippen LogP contribution in [0.15, 0.2) is 29.6 Å². The van der Waals surface area contributed by atoms with Crippen LogP contribution < -0.4 is 0 Å². The summed E-state index contributed by atoms with van der Waals surface area (Å²) in [5, 5.41) is 12.8. The number of amides is 1. The maximum Gasteiger partial charge on any atom is 0.329 e. The molecule has 0 spiro atoms. The van der Waals surface area contributed by atoms with Crippen molar-refractivity contribution >= 4 is 23.2 Å². The quantitative estimate of drug-likeness (QED) is 0.715. The first-order valence-electron chi connectivity index (χ1n) is 9.28. The van der Waals surface area contributed by atoms with Crippen LogP contribution in [0.2, 0.25) is 0 Å². The number of hydrogen-bond acceptors (Lipinski definition) is 6. The molecule has 0 radical (unpaired) electrons. The summed E-state index contributed by atoms with van der Waals surface area (Å²) in [6.45, 7) is 2.13. The Balaban J connectivity index is 1.61. The van der Waals surface area contributed by atoms with Gasteiger partial charge in [-0.2, -0.15) is 0 Å². The van der Waals surface area contributed by atoms with Crippen LogP contribution in [0.5, 0.6) is 0 Å². The number of hydrogen-bond donors (Lipinski definition) is 1. The van der Waals surface area contributed by atoms with Crippen molar-refractivity contribution in [2.24, 2.45) is 0 Å². The van der Waals surface area contributed by atoms with Crippen molar-refractivity contribution in [2.45, 2.75) is 51.4 Å². The molecule has 8 heteroatoms. The Kier molecular flexibility index (Phi) is 6.74. The molecule has 28 heavy (non-hydrogen) atoms. The summed E-state index contributed by atoms with van der Waals surface area (Å²) in [6, 6.07) is 5.14. The molecule has 6 nitrogen and oxygen atoms in total. The van der Waals surface area contributed by atoms with Crippen LogP contribution in [0.3, 0.4) is 0 Å². The summed E-state index contributed by atoms with van der Waals surface area (Å²) in [4.78, 5) is 30.8. The van der Waals surface area contributed by atoms with Gasteiger partial charge in [-0.3, -0.25) is 4.79 Å². The van der Waals surface area contributed by atoms with E-state index in [9.17, 15) is 19.1 Å². The number of halogens is 1. The number of aliphatic hydroxyl groups is 1. The standard InChI is InChI=1S/C20H23FN2O4S/c1-2-5-18-22-14(12-28-18)11-27-20(26)17-9-15(24)10-23(17)19(25)8-13-6-3-4-7-16(13)21/h3-4,6-7,12,15,17,24H,2,5,8-11H2,1H3. The highest BCUT2D eigenvalue weighted by Crippen LogP contribution is 2.22. The Morgan fingerprint density at radius 2 is 2.18 bits per heavy atom. The molecule has 0 aliphatic carbocycles. The second-order valence-electron chi connectivity index (χ2n) is 6.81. The molecule has 0 saturated carbocycles. The molecule has 1 amide bonds. The number of carbonyl (C=O) groups is 2. The van der Waals surface area contributed by atoms with Crippen molar-refractivity contribution in [1.82, 2.24) is 9.88 Å². The number of aryl methyl sites for hydroxylation is 1. The molecule has 1 fully saturated rings. The van der Waals surface area contributed by atoms with E-state index in [0.717, 1.165) is 17.8 Å². The minimum Gasteiger partial charge on any atom is -0.458 e. The number of aromatic nitrogens is 1. The minimum atomic E-state index is -0.872. The molecule has 2 aromatic rings. The van der Waals surface area contributed by atoms with Gasteiger partial charge in [-0.1, -0.05) is 25.1 Å². The van der Waals surface area contributed by atoms with E-state index in [2.05, 4.69) is 11.9 Å². The van der Waals surface area contributed by atoms with Crippen molar-refractivity contribution in [3.8, 4) is 0 Å². The zero-order chi connectivity index (χ0) is 20.1. The number of nitrogens with zero attached hydrogens (tertiary/aromatic N) is 2. The largest absolute Gasteiger partial charge is 0.458 e. The topological polar surface area (TPSA) is 79.7 Å². The molecule has 2 atom stereocenters. The van der Waals surface area contributed by atoms with Crippen LogP contribution in [0.1, 0.15) is 36.0 Å². The fourth-order valence-electron chi connectivity index (χ4n) is 3.20. The number of thiazole rings is 1. The normalized spacial score (nSPS) is 19.0. The van der Waals surface area contributed by atoms with Gasteiger partial charge in [0.25, 0.3) is 0 Å². The lowest BCUT2D eigenvalue weighted by Crippen LogP contribution is -2.42. The number of benzene rings is 1. The van der Waals surface area contributed by atoms with Gasteiger partial charge < -0.3 is 14.7 Å². The van der Waals surface area contributed by atoms with E-state index in [-0.39, 0.29) is 31.6 Å². The second-order valence-corrected chi connectivity index (χ2v) is 7.75. The average molecular weight is 406 g/mol. The Labute approximate surface area is 167 Å². The summed E-state index contributed by atoms with van der Waals surface area (Å²) >= 11 is 1.52. The van der Waals surface area contributed by atoms with Crippen molar-refractivity contribution in [2.75, 3.05) is 6.54 Å². The number of likely N-dealkylation sites (tertiary alicyclic amines) is 1. The molecular formula is C20H23FN2O4S. The summed E-state index contributed by atoms with van der Waals surface area (Å²) in [7, 11) is 0. The molecule has 2 unspecified atom stereocenters. The highest BCUT2D eigenvalue weighted by Gasteiger charge is 2.40. The summed E-state index contributed by atoms with van der Waals surface area (Å²) in [5.74, 6) is -1.47. The van der Waals surface area contributed by atoms with Crippen molar-refractivity contribution < 1.29 is 23.8 Å². The van der Waals surface area contributed by atoms with Crippen LogP contribution in [0, 0.1) is 5.82 Å². The first-order chi connectivity index (χ1) is 13.5. The van der Waals surface area contributed by atoms with Gasteiger partial charge in [-0.05, 0) is 24.5 Å². The first kappa shape index (κ1) is 20.4. The predicted molar refractivity (Wildman–Crippen MR) is 102 cm³/mol. The molecular weight excluding hydrogens is 383 g/mol. The van der Waals surface area contributed by atoms with Gasteiger partial charge in [0.15, 0.2) is 0 Å². The number of rotatable bonds is 7. The van der Waals surface area contributed by atoms with E-state index in [1.165, 1.54) is 28.4 Å². The lowest BCUT2D eigenvalue weighted by molar-refractivity contribution is -0.154. The number of esters is 1. The summed E-state index contributed by atoms with van der Waals surface area (Å²) in [5.41, 5.74) is 0.927. The van der Waals surface area contributed by atoms with Gasteiger partial charge in [0.05, 0.1) is 23.2 Å². The number of carbonyl (C=O) groups excluding carboxylic acids is 2. The van der Waals surface area contributed by atoms with Crippen LogP contribution in [0.4, 0.5) is 4.39 Å². The van der Waals surface area contributed by atoms with Crippen LogP contribution >= 0.6 is 11.3 Å². The van der Waals surface area contributed by atoms with Gasteiger partial charge in [0.1, 0.15) is 18.5 Å². The van der Waals surface area contributed by atoms with E-state index in [0.29, 0.717) is 5.69 Å². The van der Waals surface area contributed by atoms with Crippen LogP contribution in [-0.2, 0) is 33.8 Å². The maximum atomic E-state index is 13.8. The fourth-order valence-corrected chi connectivity index (χ4v) is 4.09. The monoisotopic (exact) mass is 406 g/mol. The number of ether oxygens (including phenoxy) is 1.